The summed E-state index contributed by atoms with van der Waals surface area (Å²) in [5.74, 6) is -1.37. The maximum absolute atomic E-state index is 13.7. The Labute approximate surface area is 222 Å². The van der Waals surface area contributed by atoms with E-state index in [0.717, 1.165) is 26.9 Å². The maximum atomic E-state index is 13.7. The summed E-state index contributed by atoms with van der Waals surface area (Å²) in [6, 6.07) is 16.0. The molecule has 1 unspecified atom stereocenters. The first kappa shape index (κ1) is 25.0. The van der Waals surface area contributed by atoms with Gasteiger partial charge in [0.2, 0.25) is 6.10 Å². The molecule has 3 heterocycles. The van der Waals surface area contributed by atoms with Crippen molar-refractivity contribution in [3.8, 4) is 11.1 Å². The molecule has 2 aromatic carbocycles. The number of alkyl halides is 2. The van der Waals surface area contributed by atoms with Gasteiger partial charge in [-0.3, -0.25) is 9.59 Å². The second kappa shape index (κ2) is 9.98. The Bertz CT molecular complexity index is 1570. The van der Waals surface area contributed by atoms with Crippen LogP contribution in [0.25, 0.3) is 21.3 Å². The number of aromatic nitrogens is 1. The monoisotopic (exact) mass is 584 g/mol. The van der Waals surface area contributed by atoms with E-state index in [9.17, 15) is 18.4 Å². The lowest BCUT2D eigenvalue weighted by molar-refractivity contribution is -0.125. The molecule has 7 nitrogen and oxygen atoms in total. The van der Waals surface area contributed by atoms with Crippen LogP contribution in [0.1, 0.15) is 39.3 Å². The van der Waals surface area contributed by atoms with E-state index in [-0.39, 0.29) is 21.8 Å². The van der Waals surface area contributed by atoms with Crippen molar-refractivity contribution in [2.75, 3.05) is 5.32 Å². The van der Waals surface area contributed by atoms with E-state index in [1.165, 1.54) is 6.07 Å². The van der Waals surface area contributed by atoms with E-state index in [4.69, 9.17) is 10.6 Å². The Hall–Kier alpha value is -3.70. The molecule has 2 aromatic heterocycles. The summed E-state index contributed by atoms with van der Waals surface area (Å²) in [6.45, 7) is 1.91. The number of oxime groups is 1. The normalized spacial score (nSPS) is 15.1. The van der Waals surface area contributed by atoms with Gasteiger partial charge in [-0.05, 0) is 36.2 Å². The molecule has 1 aliphatic rings. The molecule has 0 saturated carbocycles. The Kier molecular flexibility index (Phi) is 6.74. The van der Waals surface area contributed by atoms with E-state index in [1.54, 1.807) is 12.1 Å². The number of pyridine rings is 1. The van der Waals surface area contributed by atoms with Crippen LogP contribution in [0.15, 0.2) is 64.2 Å². The van der Waals surface area contributed by atoms with Crippen LogP contribution in [-0.2, 0) is 9.63 Å². The number of rotatable bonds is 6. The molecule has 1 aliphatic heterocycles. The zero-order valence-corrected chi connectivity index (χ0v) is 21.7. The standard InChI is InChI=1S/C26H19BrF2N4O3S/c1-12-5-7-13(8-6-12)16-10-18(23(28)29)31-26-20(16)21(22(37-26)24(30)34)32-25(35)19-11-17(33-36-19)14-3-2-4-15(27)9-14/h2-10,19,23H,11H2,1H3,(H2,30,34)(H,32,35). The Morgan fingerprint density at radius 2 is 1.92 bits per heavy atom. The number of benzene rings is 2. The molecular weight excluding hydrogens is 566 g/mol. The largest absolute Gasteiger partial charge is 0.382 e. The molecule has 0 fully saturated rings. The van der Waals surface area contributed by atoms with Gasteiger partial charge in [-0.15, -0.1) is 11.3 Å². The SMILES string of the molecule is Cc1ccc(-c2cc(C(F)F)nc3sc(C(N)=O)c(NC(=O)C4CC(c5cccc(Br)c5)=NO4)c23)cc1. The molecule has 0 bridgehead atoms. The lowest BCUT2D eigenvalue weighted by atomic mass is 10.00. The third kappa shape index (κ3) is 4.96. The minimum Gasteiger partial charge on any atom is -0.382 e. The number of amides is 2. The topological polar surface area (TPSA) is 107 Å². The average molecular weight is 585 g/mol. The number of primary amides is 1. The maximum Gasteiger partial charge on any atom is 0.280 e. The number of carbonyl (C=O) groups is 2. The summed E-state index contributed by atoms with van der Waals surface area (Å²) < 4.78 is 28.2. The van der Waals surface area contributed by atoms with Crippen LogP contribution < -0.4 is 11.1 Å². The number of anilines is 1. The summed E-state index contributed by atoms with van der Waals surface area (Å²) in [4.78, 5) is 35.2. The Morgan fingerprint density at radius 3 is 2.59 bits per heavy atom. The van der Waals surface area contributed by atoms with E-state index in [1.807, 2.05) is 43.3 Å². The fraction of sp³-hybridized carbons (Fsp3) is 0.154. The summed E-state index contributed by atoms with van der Waals surface area (Å²) >= 11 is 4.26. The highest BCUT2D eigenvalue weighted by atomic mass is 79.9. The zero-order chi connectivity index (χ0) is 26.3. The van der Waals surface area contributed by atoms with Crippen molar-refractivity contribution >= 4 is 60.7 Å². The van der Waals surface area contributed by atoms with Crippen LogP contribution in [0, 0.1) is 6.92 Å². The molecule has 0 saturated heterocycles. The lowest BCUT2D eigenvalue weighted by Crippen LogP contribution is -2.29. The number of aryl methyl sites for hydroxylation is 1. The Balaban J connectivity index is 1.54. The van der Waals surface area contributed by atoms with Crippen molar-refractivity contribution in [2.24, 2.45) is 10.9 Å². The van der Waals surface area contributed by atoms with E-state index in [2.05, 4.69) is 31.4 Å². The highest BCUT2D eigenvalue weighted by Crippen LogP contribution is 2.42. The van der Waals surface area contributed by atoms with Gasteiger partial charge in [0.05, 0.1) is 11.4 Å². The van der Waals surface area contributed by atoms with Gasteiger partial charge in [-0.2, -0.15) is 0 Å². The molecule has 0 aliphatic carbocycles. The predicted octanol–water partition coefficient (Wildman–Crippen LogP) is 6.20. The zero-order valence-electron chi connectivity index (χ0n) is 19.3. The third-order valence-corrected chi connectivity index (χ3v) is 7.45. The van der Waals surface area contributed by atoms with Gasteiger partial charge < -0.3 is 15.9 Å². The predicted molar refractivity (Wildman–Crippen MR) is 142 cm³/mol. The number of thiophene rings is 1. The van der Waals surface area contributed by atoms with Gasteiger partial charge in [0.25, 0.3) is 18.2 Å². The molecular formula is C26H19BrF2N4O3S. The van der Waals surface area contributed by atoms with Crippen molar-refractivity contribution < 1.29 is 23.2 Å². The molecule has 11 heteroatoms. The molecule has 37 heavy (non-hydrogen) atoms. The number of carbonyl (C=O) groups excluding carboxylic acids is 2. The Morgan fingerprint density at radius 1 is 1.16 bits per heavy atom. The minimum absolute atomic E-state index is 0.00163. The fourth-order valence-corrected chi connectivity index (χ4v) is 5.46. The lowest BCUT2D eigenvalue weighted by Gasteiger charge is -2.13. The molecule has 5 rings (SSSR count). The average Bonchev–Trinajstić information content (AvgIpc) is 3.50. The number of hydrogen-bond acceptors (Lipinski definition) is 6. The molecule has 1 atom stereocenters. The van der Waals surface area contributed by atoms with Crippen LogP contribution in [0.4, 0.5) is 14.5 Å². The number of halogens is 3. The molecule has 3 N–H and O–H groups in total. The van der Waals surface area contributed by atoms with Gasteiger partial charge >= 0.3 is 0 Å². The van der Waals surface area contributed by atoms with Crippen LogP contribution in [0.5, 0.6) is 0 Å². The summed E-state index contributed by atoms with van der Waals surface area (Å²) in [6.07, 6.45) is -3.58. The third-order valence-electron chi connectivity index (χ3n) is 5.86. The van der Waals surface area contributed by atoms with Gasteiger partial charge in [0.15, 0.2) is 0 Å². The summed E-state index contributed by atoms with van der Waals surface area (Å²) in [7, 11) is 0. The van der Waals surface area contributed by atoms with Crippen molar-refractivity contribution in [1.29, 1.82) is 0 Å². The molecule has 2 amide bonds. The van der Waals surface area contributed by atoms with Gasteiger partial charge in [-0.25, -0.2) is 13.8 Å². The van der Waals surface area contributed by atoms with E-state index in [0.29, 0.717) is 22.2 Å². The smallest absolute Gasteiger partial charge is 0.280 e. The quantitative estimate of drug-likeness (QED) is 0.281. The number of hydrogen-bond donors (Lipinski definition) is 2. The molecule has 0 spiro atoms. The number of nitrogens with zero attached hydrogens (tertiary/aromatic N) is 2. The highest BCUT2D eigenvalue weighted by Gasteiger charge is 2.32. The highest BCUT2D eigenvalue weighted by molar-refractivity contribution is 9.10. The van der Waals surface area contributed by atoms with Crippen LogP contribution in [0.3, 0.4) is 0 Å². The van der Waals surface area contributed by atoms with Gasteiger partial charge in [0.1, 0.15) is 15.4 Å². The van der Waals surface area contributed by atoms with E-state index < -0.39 is 30.0 Å². The molecule has 0 radical (unpaired) electrons. The minimum atomic E-state index is -2.83. The van der Waals surface area contributed by atoms with Crippen LogP contribution in [0.2, 0.25) is 0 Å². The number of fused-ring (bicyclic) bond motifs is 1. The molecule has 4 aromatic rings. The van der Waals surface area contributed by atoms with Gasteiger partial charge in [0, 0.05) is 21.8 Å². The fourth-order valence-electron chi connectivity index (χ4n) is 4.04. The van der Waals surface area contributed by atoms with E-state index >= 15 is 0 Å². The van der Waals surface area contributed by atoms with Crippen molar-refractivity contribution in [2.45, 2.75) is 25.9 Å². The van der Waals surface area contributed by atoms with Gasteiger partial charge in [-0.1, -0.05) is 63.0 Å². The van der Waals surface area contributed by atoms with Crippen molar-refractivity contribution in [3.63, 3.8) is 0 Å². The van der Waals surface area contributed by atoms with Crippen LogP contribution in [-0.4, -0.2) is 28.6 Å². The summed E-state index contributed by atoms with van der Waals surface area (Å²) in [5, 5.41) is 7.15. The first-order chi connectivity index (χ1) is 17.7. The second-order valence-electron chi connectivity index (χ2n) is 8.45. The van der Waals surface area contributed by atoms with Crippen molar-refractivity contribution in [3.05, 3.63) is 80.8 Å². The first-order valence-electron chi connectivity index (χ1n) is 11.1. The second-order valence-corrected chi connectivity index (χ2v) is 10.4. The number of nitrogens with two attached hydrogens (primary N) is 1. The van der Waals surface area contributed by atoms with Crippen LogP contribution >= 0.6 is 27.3 Å². The summed E-state index contributed by atoms with van der Waals surface area (Å²) in [5.41, 5.74) is 8.69. The first-order valence-corrected chi connectivity index (χ1v) is 12.7. The van der Waals surface area contributed by atoms with Crippen molar-refractivity contribution in [1.82, 2.24) is 4.98 Å². The molecule has 188 valence electrons. The number of nitrogens with one attached hydrogen (secondary N) is 1.